The van der Waals surface area contributed by atoms with Gasteiger partial charge >= 0.3 is 0 Å². The topological polar surface area (TPSA) is 54.5 Å². The molecular formula is C17H21NO3S. The molecule has 1 aliphatic heterocycles. The minimum atomic E-state index is -3.47. The van der Waals surface area contributed by atoms with Gasteiger partial charge in [0.2, 0.25) is 10.0 Å². The summed E-state index contributed by atoms with van der Waals surface area (Å²) in [7, 11) is -3.47. The van der Waals surface area contributed by atoms with Crippen molar-refractivity contribution in [2.75, 3.05) is 13.1 Å². The molecule has 1 aromatic rings. The third-order valence-electron chi connectivity index (χ3n) is 4.89. The fourth-order valence-electron chi connectivity index (χ4n) is 3.77. The van der Waals surface area contributed by atoms with Crippen LogP contribution in [0.3, 0.4) is 0 Å². The number of sulfonamides is 1. The summed E-state index contributed by atoms with van der Waals surface area (Å²) in [6, 6.07) is 6.92. The molecule has 2 aliphatic rings. The molecule has 1 saturated heterocycles. The highest BCUT2D eigenvalue weighted by molar-refractivity contribution is 7.89. The first-order chi connectivity index (χ1) is 10.3. The van der Waals surface area contributed by atoms with Crippen LogP contribution < -0.4 is 0 Å². The maximum Gasteiger partial charge on any atom is 0.243 e. The first-order valence-electron chi connectivity index (χ1n) is 7.55. The number of fused-ring (bicyclic) bond motifs is 1. The van der Waals surface area contributed by atoms with Crippen molar-refractivity contribution in [3.05, 3.63) is 42.0 Å². The Hall–Kier alpha value is -1.46. The van der Waals surface area contributed by atoms with Crippen LogP contribution in [0.25, 0.3) is 0 Å². The summed E-state index contributed by atoms with van der Waals surface area (Å²) >= 11 is 0. The normalized spacial score (nSPS) is 28.8. The van der Waals surface area contributed by atoms with Gasteiger partial charge in [0, 0.05) is 25.4 Å². The van der Waals surface area contributed by atoms with Gasteiger partial charge in [0.1, 0.15) is 5.78 Å². The van der Waals surface area contributed by atoms with E-state index in [-0.39, 0.29) is 23.5 Å². The maximum absolute atomic E-state index is 12.8. The molecule has 1 heterocycles. The number of rotatable bonds is 3. The molecule has 22 heavy (non-hydrogen) atoms. The summed E-state index contributed by atoms with van der Waals surface area (Å²) in [5, 5.41) is 0. The molecule has 3 atom stereocenters. The van der Waals surface area contributed by atoms with Gasteiger partial charge < -0.3 is 0 Å². The van der Waals surface area contributed by atoms with E-state index in [1.165, 1.54) is 4.31 Å². The number of hydrogen-bond acceptors (Lipinski definition) is 3. The number of carbonyl (C=O) groups excluding carboxylic acids is 1. The van der Waals surface area contributed by atoms with Crippen LogP contribution in [0.2, 0.25) is 0 Å². The molecule has 0 aromatic heterocycles. The number of nitrogens with zero attached hydrogens (tertiary/aromatic N) is 1. The number of hydrogen-bond donors (Lipinski definition) is 0. The number of allylic oxidation sites excluding steroid dienone is 1. The first kappa shape index (κ1) is 15.4. The number of benzene rings is 1. The lowest BCUT2D eigenvalue weighted by molar-refractivity contribution is -0.120. The van der Waals surface area contributed by atoms with Gasteiger partial charge in [0.25, 0.3) is 0 Å². The van der Waals surface area contributed by atoms with Gasteiger partial charge in [-0.1, -0.05) is 29.8 Å². The minimum absolute atomic E-state index is 0.0882. The van der Waals surface area contributed by atoms with Gasteiger partial charge in [-0.3, -0.25) is 4.79 Å². The summed E-state index contributed by atoms with van der Waals surface area (Å²) in [5.41, 5.74) is 1.89. The molecule has 4 nitrogen and oxygen atoms in total. The van der Waals surface area contributed by atoms with Gasteiger partial charge in [0.05, 0.1) is 4.90 Å². The second-order valence-electron chi connectivity index (χ2n) is 6.55. The van der Waals surface area contributed by atoms with Gasteiger partial charge in [-0.15, -0.1) is 0 Å². The Labute approximate surface area is 131 Å². The van der Waals surface area contributed by atoms with E-state index in [0.717, 1.165) is 11.1 Å². The lowest BCUT2D eigenvalue weighted by atomic mass is 9.88. The van der Waals surface area contributed by atoms with Crippen LogP contribution in [0.4, 0.5) is 0 Å². The summed E-state index contributed by atoms with van der Waals surface area (Å²) in [6.45, 7) is 8.57. The molecule has 118 valence electrons. The van der Waals surface area contributed by atoms with Gasteiger partial charge in [-0.2, -0.15) is 4.31 Å². The van der Waals surface area contributed by atoms with Gasteiger partial charge in [0.15, 0.2) is 0 Å². The second kappa shape index (κ2) is 5.32. The minimum Gasteiger partial charge on any atom is -0.299 e. The van der Waals surface area contributed by atoms with Gasteiger partial charge in [-0.25, -0.2) is 8.42 Å². The Bertz CT molecular complexity index is 721. The molecule has 0 amide bonds. The summed E-state index contributed by atoms with van der Waals surface area (Å²) < 4.78 is 27.0. The highest BCUT2D eigenvalue weighted by Crippen LogP contribution is 2.44. The van der Waals surface area contributed by atoms with Crippen molar-refractivity contribution >= 4 is 15.8 Å². The van der Waals surface area contributed by atoms with Crippen LogP contribution in [0.5, 0.6) is 0 Å². The van der Waals surface area contributed by atoms with Crippen molar-refractivity contribution in [2.24, 2.45) is 17.8 Å². The Kier molecular flexibility index (Phi) is 3.73. The smallest absolute Gasteiger partial charge is 0.243 e. The maximum atomic E-state index is 12.8. The van der Waals surface area contributed by atoms with Gasteiger partial charge in [-0.05, 0) is 37.8 Å². The SMILES string of the molecule is C=C(C)[C@@H]1C(=O)C[C@H]2CN(S(=O)(=O)c3ccc(C)cc3)C[C@H]21. The van der Waals surface area contributed by atoms with Crippen molar-refractivity contribution < 1.29 is 13.2 Å². The Morgan fingerprint density at radius 2 is 1.86 bits per heavy atom. The second-order valence-corrected chi connectivity index (χ2v) is 8.49. The molecule has 0 spiro atoms. The Balaban J connectivity index is 1.85. The van der Waals surface area contributed by atoms with Crippen LogP contribution in [0.1, 0.15) is 18.9 Å². The van der Waals surface area contributed by atoms with Crippen LogP contribution >= 0.6 is 0 Å². The predicted octanol–water partition coefficient (Wildman–Crippen LogP) is 2.40. The Morgan fingerprint density at radius 1 is 1.23 bits per heavy atom. The third kappa shape index (κ3) is 2.42. The molecular weight excluding hydrogens is 298 g/mol. The monoisotopic (exact) mass is 319 g/mol. The van der Waals surface area contributed by atoms with Crippen LogP contribution in [-0.2, 0) is 14.8 Å². The molecule has 3 rings (SSSR count). The lowest BCUT2D eigenvalue weighted by Gasteiger charge is -2.20. The molecule has 5 heteroatoms. The Morgan fingerprint density at radius 3 is 2.45 bits per heavy atom. The average molecular weight is 319 g/mol. The molecule has 0 unspecified atom stereocenters. The third-order valence-corrected chi connectivity index (χ3v) is 6.73. The van der Waals surface area contributed by atoms with Crippen LogP contribution in [0, 0.1) is 24.7 Å². The number of aryl methyl sites for hydroxylation is 1. The average Bonchev–Trinajstić information content (AvgIpc) is 2.95. The largest absolute Gasteiger partial charge is 0.299 e. The van der Waals surface area contributed by atoms with Crippen molar-refractivity contribution in [2.45, 2.75) is 25.2 Å². The molecule has 1 aromatic carbocycles. The zero-order valence-corrected chi connectivity index (χ0v) is 13.8. The van der Waals surface area contributed by atoms with Crippen molar-refractivity contribution in [1.82, 2.24) is 4.31 Å². The highest BCUT2D eigenvalue weighted by atomic mass is 32.2. The van der Waals surface area contributed by atoms with E-state index >= 15 is 0 Å². The zero-order valence-electron chi connectivity index (χ0n) is 13.0. The molecule has 2 fully saturated rings. The van der Waals surface area contributed by atoms with Crippen LogP contribution in [0.15, 0.2) is 41.3 Å². The number of carbonyl (C=O) groups is 1. The first-order valence-corrected chi connectivity index (χ1v) is 8.99. The summed E-state index contributed by atoms with van der Waals surface area (Å²) in [5.74, 6) is 0.262. The zero-order chi connectivity index (χ0) is 16.1. The van der Waals surface area contributed by atoms with Crippen LogP contribution in [-0.4, -0.2) is 31.6 Å². The molecule has 1 saturated carbocycles. The predicted molar refractivity (Wildman–Crippen MR) is 84.8 cm³/mol. The van der Waals surface area contributed by atoms with E-state index in [4.69, 9.17) is 0 Å². The lowest BCUT2D eigenvalue weighted by Crippen LogP contribution is -2.31. The van der Waals surface area contributed by atoms with E-state index in [2.05, 4.69) is 6.58 Å². The summed E-state index contributed by atoms with van der Waals surface area (Å²) in [4.78, 5) is 12.4. The molecule has 0 radical (unpaired) electrons. The number of Topliss-reactive ketones (excluding diaryl/α,β-unsaturated/α-hetero) is 1. The van der Waals surface area contributed by atoms with Crippen molar-refractivity contribution in [3.63, 3.8) is 0 Å². The van der Waals surface area contributed by atoms with Crippen molar-refractivity contribution in [1.29, 1.82) is 0 Å². The molecule has 1 aliphatic carbocycles. The standard InChI is InChI=1S/C17H21NO3S/c1-11(2)17-15-10-18(9-13(15)8-16(17)19)22(20,21)14-6-4-12(3)5-7-14/h4-7,13,15,17H,1,8-10H2,2-3H3/t13-,15+,17-/m0/s1. The quantitative estimate of drug-likeness (QED) is 0.804. The van der Waals surface area contributed by atoms with E-state index in [1.807, 2.05) is 26.0 Å². The number of ketones is 1. The highest BCUT2D eigenvalue weighted by Gasteiger charge is 2.50. The van der Waals surface area contributed by atoms with Crippen molar-refractivity contribution in [3.8, 4) is 0 Å². The molecule has 0 bridgehead atoms. The molecule has 0 N–H and O–H groups in total. The van der Waals surface area contributed by atoms with E-state index in [9.17, 15) is 13.2 Å². The fourth-order valence-corrected chi connectivity index (χ4v) is 5.30. The van der Waals surface area contributed by atoms with E-state index in [1.54, 1.807) is 12.1 Å². The van der Waals surface area contributed by atoms with E-state index < -0.39 is 10.0 Å². The summed E-state index contributed by atoms with van der Waals surface area (Å²) in [6.07, 6.45) is 0.474. The fraction of sp³-hybridized carbons (Fsp3) is 0.471. The van der Waals surface area contributed by atoms with E-state index in [0.29, 0.717) is 24.4 Å².